The molecule has 1 heterocycles. The van der Waals surface area contributed by atoms with E-state index in [2.05, 4.69) is 10.4 Å². The molecule has 4 nitrogen and oxygen atoms in total. The Kier molecular flexibility index (Phi) is 4.54. The second-order valence-electron chi connectivity index (χ2n) is 9.39. The quantitative estimate of drug-likeness (QED) is 0.829. The van der Waals surface area contributed by atoms with Crippen LogP contribution in [0.4, 0.5) is 13.2 Å². The van der Waals surface area contributed by atoms with Crippen molar-refractivity contribution in [1.29, 1.82) is 0 Å². The molecular weight excluding hydrogens is 355 g/mol. The largest absolute Gasteiger partial charge is 0.435 e. The Bertz CT molecular complexity index is 689. The number of hydrogen-bond acceptors (Lipinski definition) is 2. The Balaban J connectivity index is 1.34. The number of alkyl halides is 3. The number of carbonyl (C=O) groups is 1. The lowest BCUT2D eigenvalue weighted by Gasteiger charge is -2.57. The van der Waals surface area contributed by atoms with Crippen LogP contribution in [0.15, 0.2) is 6.07 Å². The summed E-state index contributed by atoms with van der Waals surface area (Å²) in [7, 11) is 0. The van der Waals surface area contributed by atoms with Crippen molar-refractivity contribution < 1.29 is 18.0 Å². The van der Waals surface area contributed by atoms with Gasteiger partial charge in [-0.05, 0) is 74.7 Å². The molecule has 4 saturated carbocycles. The molecule has 7 heteroatoms. The van der Waals surface area contributed by atoms with Crippen molar-refractivity contribution in [2.45, 2.75) is 65.1 Å². The third-order valence-corrected chi connectivity index (χ3v) is 6.97. The molecule has 0 aromatic carbocycles. The molecular formula is C20H28F3N3O. The molecule has 0 saturated heterocycles. The number of carbonyl (C=O) groups excluding carboxylic acids is 1. The minimum atomic E-state index is -4.46. The molecule has 0 aliphatic heterocycles. The molecule has 150 valence electrons. The molecule has 1 atom stereocenters. The normalized spacial score (nSPS) is 33.3. The van der Waals surface area contributed by atoms with Gasteiger partial charge in [-0.3, -0.25) is 9.48 Å². The molecule has 1 unspecified atom stereocenters. The summed E-state index contributed by atoms with van der Waals surface area (Å²) in [6.45, 7) is 4.21. The third kappa shape index (κ3) is 3.74. The van der Waals surface area contributed by atoms with Gasteiger partial charge in [0, 0.05) is 12.2 Å². The topological polar surface area (TPSA) is 46.9 Å². The first-order valence-corrected chi connectivity index (χ1v) is 10.0. The zero-order valence-electron chi connectivity index (χ0n) is 16.0. The van der Waals surface area contributed by atoms with Crippen molar-refractivity contribution in [3.8, 4) is 0 Å². The molecule has 4 bridgehead atoms. The first-order chi connectivity index (χ1) is 12.6. The van der Waals surface area contributed by atoms with E-state index in [1.165, 1.54) is 43.2 Å². The van der Waals surface area contributed by atoms with Gasteiger partial charge in [0.25, 0.3) is 0 Å². The average molecular weight is 383 g/mol. The van der Waals surface area contributed by atoms with E-state index in [9.17, 15) is 18.0 Å². The summed E-state index contributed by atoms with van der Waals surface area (Å²) in [5.74, 6) is 1.99. The molecule has 4 fully saturated rings. The van der Waals surface area contributed by atoms with E-state index in [1.807, 2.05) is 0 Å². The lowest BCUT2D eigenvalue weighted by molar-refractivity contribution is -0.141. The van der Waals surface area contributed by atoms with Crippen LogP contribution in [0.3, 0.4) is 0 Å². The van der Waals surface area contributed by atoms with Crippen molar-refractivity contribution in [2.75, 3.05) is 6.54 Å². The second kappa shape index (κ2) is 6.52. The summed E-state index contributed by atoms with van der Waals surface area (Å²) < 4.78 is 39.7. The summed E-state index contributed by atoms with van der Waals surface area (Å²) in [5, 5.41) is 6.74. The van der Waals surface area contributed by atoms with Crippen LogP contribution in [0, 0.1) is 36.0 Å². The van der Waals surface area contributed by atoms with Crippen LogP contribution in [-0.2, 0) is 17.5 Å². The van der Waals surface area contributed by atoms with E-state index in [1.54, 1.807) is 13.8 Å². The maximum absolute atomic E-state index is 12.8. The van der Waals surface area contributed by atoms with Gasteiger partial charge in [-0.2, -0.15) is 18.3 Å². The van der Waals surface area contributed by atoms with Crippen molar-refractivity contribution in [2.24, 2.45) is 29.1 Å². The molecule has 1 N–H and O–H groups in total. The number of aryl methyl sites for hydroxylation is 1. The molecule has 1 amide bonds. The molecule has 4 aliphatic rings. The first-order valence-electron chi connectivity index (χ1n) is 10.0. The van der Waals surface area contributed by atoms with Gasteiger partial charge in [-0.1, -0.05) is 6.92 Å². The van der Waals surface area contributed by atoms with Crippen LogP contribution in [0.1, 0.15) is 56.8 Å². The summed E-state index contributed by atoms with van der Waals surface area (Å²) >= 11 is 0. The Hall–Kier alpha value is -1.53. The van der Waals surface area contributed by atoms with Crippen molar-refractivity contribution in [3.05, 3.63) is 17.5 Å². The fraction of sp³-hybridized carbons (Fsp3) is 0.800. The molecule has 4 aliphatic carbocycles. The Labute approximate surface area is 157 Å². The van der Waals surface area contributed by atoms with Crippen molar-refractivity contribution in [1.82, 2.24) is 15.1 Å². The van der Waals surface area contributed by atoms with E-state index >= 15 is 0 Å². The summed E-state index contributed by atoms with van der Waals surface area (Å²) in [5.41, 5.74) is -0.223. The van der Waals surface area contributed by atoms with Gasteiger partial charge in [-0.15, -0.1) is 0 Å². The smallest absolute Gasteiger partial charge is 0.355 e. The number of nitrogens with zero attached hydrogens (tertiary/aromatic N) is 2. The predicted molar refractivity (Wildman–Crippen MR) is 94.7 cm³/mol. The van der Waals surface area contributed by atoms with Gasteiger partial charge in [-0.25, -0.2) is 0 Å². The summed E-state index contributed by atoms with van der Waals surface area (Å²) in [6, 6.07) is 1.03. The monoisotopic (exact) mass is 383 g/mol. The fourth-order valence-electron chi connectivity index (χ4n) is 6.13. The van der Waals surface area contributed by atoms with Gasteiger partial charge in [0.15, 0.2) is 5.69 Å². The molecule has 1 aromatic rings. The minimum Gasteiger partial charge on any atom is -0.355 e. The number of aromatic nitrogens is 2. The van der Waals surface area contributed by atoms with Crippen molar-refractivity contribution >= 4 is 5.91 Å². The lowest BCUT2D eigenvalue weighted by atomic mass is 9.49. The standard InChI is InChI=1S/C20H28F3N3O/c1-12(10-26-13(2)3-17(25-26)20(21,22)23)18(27)24-11-19-7-14-4-15(8-19)6-16(5-14)9-19/h3,12,14-16H,4-11H2,1-2H3,(H,24,27). The van der Waals surface area contributed by atoms with E-state index < -0.39 is 17.8 Å². The fourth-order valence-corrected chi connectivity index (χ4v) is 6.13. The average Bonchev–Trinajstić information content (AvgIpc) is 2.92. The minimum absolute atomic E-state index is 0.0887. The number of rotatable bonds is 5. The zero-order chi connectivity index (χ0) is 19.4. The highest BCUT2D eigenvalue weighted by molar-refractivity contribution is 5.78. The van der Waals surface area contributed by atoms with Crippen LogP contribution in [0.5, 0.6) is 0 Å². The SMILES string of the molecule is Cc1cc(C(F)(F)F)nn1CC(C)C(=O)NCC12CC3CC(CC(C3)C1)C2. The summed E-state index contributed by atoms with van der Waals surface area (Å²) in [6.07, 6.45) is 3.31. The third-order valence-electron chi connectivity index (χ3n) is 6.97. The Morgan fingerprint density at radius 2 is 1.81 bits per heavy atom. The predicted octanol–water partition coefficient (Wildman–Crippen LogP) is 4.18. The lowest BCUT2D eigenvalue weighted by Crippen LogP contribution is -2.51. The summed E-state index contributed by atoms with van der Waals surface area (Å²) in [4.78, 5) is 12.6. The van der Waals surface area contributed by atoms with Crippen LogP contribution >= 0.6 is 0 Å². The first kappa shape index (κ1) is 18.8. The highest BCUT2D eigenvalue weighted by atomic mass is 19.4. The number of hydrogen-bond donors (Lipinski definition) is 1. The molecule has 0 spiro atoms. The molecule has 0 radical (unpaired) electrons. The zero-order valence-corrected chi connectivity index (χ0v) is 16.0. The van der Waals surface area contributed by atoms with Crippen molar-refractivity contribution in [3.63, 3.8) is 0 Å². The van der Waals surface area contributed by atoms with Crippen LogP contribution in [-0.4, -0.2) is 22.2 Å². The number of nitrogens with one attached hydrogen (secondary N) is 1. The Morgan fingerprint density at radius 3 is 2.30 bits per heavy atom. The van der Waals surface area contributed by atoms with Crippen LogP contribution in [0.25, 0.3) is 0 Å². The second-order valence-corrected chi connectivity index (χ2v) is 9.39. The van der Waals surface area contributed by atoms with Gasteiger partial charge < -0.3 is 5.32 Å². The van der Waals surface area contributed by atoms with E-state index in [4.69, 9.17) is 0 Å². The maximum Gasteiger partial charge on any atom is 0.435 e. The highest BCUT2D eigenvalue weighted by Gasteiger charge is 2.50. The maximum atomic E-state index is 12.8. The van der Waals surface area contributed by atoms with E-state index in [0.717, 1.165) is 23.8 Å². The molecule has 5 rings (SSSR count). The van der Waals surface area contributed by atoms with E-state index in [0.29, 0.717) is 12.2 Å². The van der Waals surface area contributed by atoms with Crippen LogP contribution in [0.2, 0.25) is 0 Å². The van der Waals surface area contributed by atoms with Gasteiger partial charge in [0.1, 0.15) is 0 Å². The van der Waals surface area contributed by atoms with Gasteiger partial charge in [0.2, 0.25) is 5.91 Å². The van der Waals surface area contributed by atoms with Gasteiger partial charge in [0.05, 0.1) is 12.5 Å². The van der Waals surface area contributed by atoms with Gasteiger partial charge >= 0.3 is 6.18 Å². The van der Waals surface area contributed by atoms with E-state index in [-0.39, 0.29) is 17.9 Å². The highest BCUT2D eigenvalue weighted by Crippen LogP contribution is 2.59. The number of amides is 1. The number of halogens is 3. The molecule has 1 aromatic heterocycles. The van der Waals surface area contributed by atoms with Crippen LogP contribution < -0.4 is 5.32 Å². The Morgan fingerprint density at radius 1 is 1.26 bits per heavy atom. The molecule has 27 heavy (non-hydrogen) atoms.